The molecule has 0 aliphatic heterocycles. The average molecular weight is 287 g/mol. The monoisotopic (exact) mass is 286 g/mol. The van der Waals surface area contributed by atoms with E-state index in [2.05, 4.69) is 5.32 Å². The zero-order valence-corrected chi connectivity index (χ0v) is 11.7. The molecule has 6 heteroatoms. The Labute approximate surface area is 117 Å². The Morgan fingerprint density at radius 2 is 1.95 bits per heavy atom. The van der Waals surface area contributed by atoms with Crippen molar-refractivity contribution in [1.82, 2.24) is 4.90 Å². The second-order valence-corrected chi connectivity index (χ2v) is 4.64. The molecule has 5 nitrogen and oxygen atoms in total. The Hall–Kier alpha value is -1.14. The summed E-state index contributed by atoms with van der Waals surface area (Å²) in [4.78, 5) is 13.5. The predicted octanol–water partition coefficient (Wildman–Crippen LogP) is 0.874. The Kier molecular flexibility index (Phi) is 6.80. The van der Waals surface area contributed by atoms with Crippen LogP contribution in [0.5, 0.6) is 0 Å². The van der Waals surface area contributed by atoms with Gasteiger partial charge in [0.25, 0.3) is 0 Å². The van der Waals surface area contributed by atoms with Gasteiger partial charge in [0, 0.05) is 23.8 Å². The minimum absolute atomic E-state index is 0.0519. The number of rotatable bonds is 7. The number of nitrogens with one attached hydrogen (secondary N) is 1. The summed E-state index contributed by atoms with van der Waals surface area (Å²) in [7, 11) is 0. The van der Waals surface area contributed by atoms with Crippen molar-refractivity contribution >= 4 is 23.2 Å². The fourth-order valence-electron chi connectivity index (χ4n) is 1.63. The van der Waals surface area contributed by atoms with Gasteiger partial charge in [-0.25, -0.2) is 0 Å². The van der Waals surface area contributed by atoms with Crippen molar-refractivity contribution in [1.29, 1.82) is 0 Å². The number of anilines is 1. The Balaban J connectivity index is 2.55. The quantitative estimate of drug-likeness (QED) is 0.696. The van der Waals surface area contributed by atoms with Gasteiger partial charge in [0.15, 0.2) is 0 Å². The summed E-state index contributed by atoms with van der Waals surface area (Å²) in [6.07, 6.45) is 0. The lowest BCUT2D eigenvalue weighted by atomic mass is 10.2. The van der Waals surface area contributed by atoms with Crippen LogP contribution in [0.2, 0.25) is 5.02 Å². The third-order valence-corrected chi connectivity index (χ3v) is 3.06. The van der Waals surface area contributed by atoms with Crippen molar-refractivity contribution in [2.45, 2.75) is 6.92 Å². The minimum Gasteiger partial charge on any atom is -0.395 e. The van der Waals surface area contributed by atoms with Crippen LogP contribution in [-0.2, 0) is 4.79 Å². The highest BCUT2D eigenvalue weighted by atomic mass is 35.5. The summed E-state index contributed by atoms with van der Waals surface area (Å²) < 4.78 is 0. The molecular formula is C13H19ClN2O3. The largest absolute Gasteiger partial charge is 0.395 e. The second kappa shape index (κ2) is 8.12. The summed E-state index contributed by atoms with van der Waals surface area (Å²) in [6, 6.07) is 5.30. The summed E-state index contributed by atoms with van der Waals surface area (Å²) in [5, 5.41) is 21.0. The summed E-state index contributed by atoms with van der Waals surface area (Å²) in [6.45, 7) is 2.60. The van der Waals surface area contributed by atoms with Gasteiger partial charge in [0.05, 0.1) is 19.8 Å². The SMILES string of the molecule is Cc1ccc(NC(=O)CN(CCO)CCO)cc1Cl. The number of nitrogens with zero attached hydrogens (tertiary/aromatic N) is 1. The second-order valence-electron chi connectivity index (χ2n) is 4.24. The van der Waals surface area contributed by atoms with E-state index in [-0.39, 0.29) is 25.7 Å². The molecule has 0 saturated heterocycles. The van der Waals surface area contributed by atoms with Crippen LogP contribution in [-0.4, -0.2) is 53.9 Å². The molecule has 0 radical (unpaired) electrons. The van der Waals surface area contributed by atoms with E-state index in [0.717, 1.165) is 5.56 Å². The molecule has 1 aromatic carbocycles. The van der Waals surface area contributed by atoms with E-state index in [1.165, 1.54) is 0 Å². The first-order valence-corrected chi connectivity index (χ1v) is 6.44. The third kappa shape index (κ3) is 5.57. The number of hydrogen-bond acceptors (Lipinski definition) is 4. The van der Waals surface area contributed by atoms with Crippen molar-refractivity contribution in [2.75, 3.05) is 38.2 Å². The Morgan fingerprint density at radius 3 is 2.47 bits per heavy atom. The highest BCUT2D eigenvalue weighted by Crippen LogP contribution is 2.19. The Morgan fingerprint density at radius 1 is 1.32 bits per heavy atom. The molecule has 0 spiro atoms. The first-order chi connectivity index (χ1) is 9.06. The molecule has 0 unspecified atom stereocenters. The fraction of sp³-hybridized carbons (Fsp3) is 0.462. The molecule has 19 heavy (non-hydrogen) atoms. The van der Waals surface area contributed by atoms with Crippen LogP contribution < -0.4 is 5.32 Å². The molecule has 0 saturated carbocycles. The first-order valence-electron chi connectivity index (χ1n) is 6.07. The van der Waals surface area contributed by atoms with Crippen molar-refractivity contribution in [2.24, 2.45) is 0 Å². The van der Waals surface area contributed by atoms with E-state index in [1.54, 1.807) is 17.0 Å². The molecule has 0 atom stereocenters. The van der Waals surface area contributed by atoms with E-state index in [1.807, 2.05) is 13.0 Å². The average Bonchev–Trinajstić information content (AvgIpc) is 2.34. The number of hydrogen-bond donors (Lipinski definition) is 3. The van der Waals surface area contributed by atoms with Gasteiger partial charge in [-0.2, -0.15) is 0 Å². The van der Waals surface area contributed by atoms with Gasteiger partial charge in [0.1, 0.15) is 0 Å². The van der Waals surface area contributed by atoms with E-state index in [0.29, 0.717) is 23.8 Å². The third-order valence-electron chi connectivity index (χ3n) is 2.66. The van der Waals surface area contributed by atoms with Crippen LogP contribution in [0.4, 0.5) is 5.69 Å². The van der Waals surface area contributed by atoms with Crippen molar-refractivity contribution < 1.29 is 15.0 Å². The molecule has 0 aliphatic rings. The lowest BCUT2D eigenvalue weighted by Gasteiger charge is -2.19. The van der Waals surface area contributed by atoms with Crippen molar-refractivity contribution in [3.05, 3.63) is 28.8 Å². The van der Waals surface area contributed by atoms with Gasteiger partial charge in [0.2, 0.25) is 5.91 Å². The number of carbonyl (C=O) groups excluding carboxylic acids is 1. The predicted molar refractivity (Wildman–Crippen MR) is 75.4 cm³/mol. The van der Waals surface area contributed by atoms with Crippen molar-refractivity contribution in [3.63, 3.8) is 0 Å². The normalized spacial score (nSPS) is 10.8. The van der Waals surface area contributed by atoms with Gasteiger partial charge in [-0.05, 0) is 24.6 Å². The summed E-state index contributed by atoms with van der Waals surface area (Å²) >= 11 is 5.97. The van der Waals surface area contributed by atoms with Crippen LogP contribution in [0.3, 0.4) is 0 Å². The standard InChI is InChI=1S/C13H19ClN2O3/c1-10-2-3-11(8-12(10)14)15-13(19)9-16(4-6-17)5-7-18/h2-3,8,17-18H,4-7,9H2,1H3,(H,15,19). The Bertz CT molecular complexity index is 420. The molecular weight excluding hydrogens is 268 g/mol. The molecule has 1 aromatic rings. The molecule has 0 fully saturated rings. The molecule has 1 rings (SSSR count). The van der Waals surface area contributed by atoms with E-state index < -0.39 is 0 Å². The molecule has 1 amide bonds. The van der Waals surface area contributed by atoms with Crippen LogP contribution >= 0.6 is 11.6 Å². The molecule has 0 aromatic heterocycles. The zero-order chi connectivity index (χ0) is 14.3. The van der Waals surface area contributed by atoms with Gasteiger partial charge < -0.3 is 15.5 Å². The van der Waals surface area contributed by atoms with Crippen LogP contribution in [0.1, 0.15) is 5.56 Å². The minimum atomic E-state index is -0.207. The molecule has 0 aliphatic carbocycles. The number of halogens is 1. The van der Waals surface area contributed by atoms with Gasteiger partial charge in [-0.3, -0.25) is 9.69 Å². The number of benzene rings is 1. The van der Waals surface area contributed by atoms with Crippen LogP contribution in [0.25, 0.3) is 0 Å². The van der Waals surface area contributed by atoms with Crippen molar-refractivity contribution in [3.8, 4) is 0 Å². The van der Waals surface area contributed by atoms with Crippen LogP contribution in [0.15, 0.2) is 18.2 Å². The van der Waals surface area contributed by atoms with Crippen LogP contribution in [0, 0.1) is 6.92 Å². The van der Waals surface area contributed by atoms with E-state index in [4.69, 9.17) is 21.8 Å². The summed E-state index contributed by atoms with van der Waals surface area (Å²) in [5.41, 5.74) is 1.58. The lowest BCUT2D eigenvalue weighted by Crippen LogP contribution is -2.37. The van der Waals surface area contributed by atoms with Gasteiger partial charge >= 0.3 is 0 Å². The topological polar surface area (TPSA) is 72.8 Å². The highest BCUT2D eigenvalue weighted by molar-refractivity contribution is 6.31. The fourth-order valence-corrected chi connectivity index (χ4v) is 1.81. The molecule has 106 valence electrons. The maximum Gasteiger partial charge on any atom is 0.238 e. The highest BCUT2D eigenvalue weighted by Gasteiger charge is 2.10. The van der Waals surface area contributed by atoms with E-state index in [9.17, 15) is 4.79 Å². The molecule has 3 N–H and O–H groups in total. The first kappa shape index (κ1) is 15.9. The number of aliphatic hydroxyl groups excluding tert-OH is 2. The van der Waals surface area contributed by atoms with Gasteiger partial charge in [-0.15, -0.1) is 0 Å². The van der Waals surface area contributed by atoms with Gasteiger partial charge in [-0.1, -0.05) is 17.7 Å². The number of amides is 1. The maximum atomic E-state index is 11.8. The summed E-state index contributed by atoms with van der Waals surface area (Å²) in [5.74, 6) is -0.207. The van der Waals surface area contributed by atoms with E-state index >= 15 is 0 Å². The molecule has 0 heterocycles. The molecule has 0 bridgehead atoms. The number of aryl methyl sites for hydroxylation is 1. The smallest absolute Gasteiger partial charge is 0.238 e. The lowest BCUT2D eigenvalue weighted by molar-refractivity contribution is -0.117. The number of aliphatic hydroxyl groups is 2. The maximum absolute atomic E-state index is 11.8. The number of carbonyl (C=O) groups is 1. The zero-order valence-electron chi connectivity index (χ0n) is 10.9.